The molecule has 23 heavy (non-hydrogen) atoms. The second kappa shape index (κ2) is 6.95. The van der Waals surface area contributed by atoms with Crippen LogP contribution >= 0.6 is 0 Å². The SMILES string of the molecule is Cc1noc(C)c1COc1ccccc1C(=O)N[C@H](C)C(=O)O. The van der Waals surface area contributed by atoms with Crippen molar-refractivity contribution < 1.29 is 24.0 Å². The van der Waals surface area contributed by atoms with Crippen LogP contribution in [0.1, 0.15) is 34.3 Å². The number of nitrogens with one attached hydrogen (secondary N) is 1. The number of benzene rings is 1. The smallest absolute Gasteiger partial charge is 0.325 e. The molecule has 2 N–H and O–H groups in total. The van der Waals surface area contributed by atoms with E-state index in [0.29, 0.717) is 11.5 Å². The molecule has 0 saturated heterocycles. The van der Waals surface area contributed by atoms with Crippen molar-refractivity contribution in [1.29, 1.82) is 0 Å². The van der Waals surface area contributed by atoms with Gasteiger partial charge in [-0.25, -0.2) is 0 Å². The molecule has 0 aliphatic carbocycles. The van der Waals surface area contributed by atoms with Gasteiger partial charge in [0.05, 0.1) is 16.8 Å². The van der Waals surface area contributed by atoms with Gasteiger partial charge in [-0.3, -0.25) is 9.59 Å². The Kier molecular flexibility index (Phi) is 5.00. The first-order chi connectivity index (χ1) is 10.9. The van der Waals surface area contributed by atoms with Crippen LogP contribution in [0.2, 0.25) is 0 Å². The van der Waals surface area contributed by atoms with E-state index >= 15 is 0 Å². The van der Waals surface area contributed by atoms with Crippen LogP contribution in [-0.4, -0.2) is 28.2 Å². The van der Waals surface area contributed by atoms with E-state index in [1.807, 2.05) is 6.92 Å². The summed E-state index contributed by atoms with van der Waals surface area (Å²) in [6.07, 6.45) is 0. The number of aromatic nitrogens is 1. The van der Waals surface area contributed by atoms with Crippen LogP contribution in [-0.2, 0) is 11.4 Å². The number of rotatable bonds is 6. The van der Waals surface area contributed by atoms with Crippen LogP contribution < -0.4 is 10.1 Å². The molecule has 0 fully saturated rings. The summed E-state index contributed by atoms with van der Waals surface area (Å²) in [7, 11) is 0. The van der Waals surface area contributed by atoms with Crippen LogP contribution in [0.3, 0.4) is 0 Å². The summed E-state index contributed by atoms with van der Waals surface area (Å²) < 4.78 is 10.8. The zero-order valence-electron chi connectivity index (χ0n) is 13.1. The number of para-hydroxylation sites is 1. The molecule has 1 aromatic carbocycles. The number of carbonyl (C=O) groups is 2. The molecule has 0 spiro atoms. The molecule has 0 saturated carbocycles. The van der Waals surface area contributed by atoms with E-state index in [2.05, 4.69) is 10.5 Å². The summed E-state index contributed by atoms with van der Waals surface area (Å²) in [5.74, 6) is -0.590. The Morgan fingerprint density at radius 3 is 2.65 bits per heavy atom. The number of aryl methyl sites for hydroxylation is 2. The molecule has 7 nitrogen and oxygen atoms in total. The van der Waals surface area contributed by atoms with E-state index < -0.39 is 17.9 Å². The van der Waals surface area contributed by atoms with Crippen molar-refractivity contribution >= 4 is 11.9 Å². The zero-order valence-corrected chi connectivity index (χ0v) is 13.1. The van der Waals surface area contributed by atoms with Gasteiger partial charge in [0, 0.05) is 0 Å². The van der Waals surface area contributed by atoms with E-state index in [9.17, 15) is 9.59 Å². The molecule has 1 heterocycles. The number of nitrogens with zero attached hydrogens (tertiary/aromatic N) is 1. The van der Waals surface area contributed by atoms with Crippen LogP contribution in [0.25, 0.3) is 0 Å². The van der Waals surface area contributed by atoms with E-state index in [0.717, 1.165) is 11.3 Å². The lowest BCUT2D eigenvalue weighted by Crippen LogP contribution is -2.38. The zero-order chi connectivity index (χ0) is 17.0. The van der Waals surface area contributed by atoms with Crippen LogP contribution in [0.15, 0.2) is 28.8 Å². The van der Waals surface area contributed by atoms with Gasteiger partial charge in [-0.2, -0.15) is 0 Å². The quantitative estimate of drug-likeness (QED) is 0.845. The Morgan fingerprint density at radius 1 is 1.35 bits per heavy atom. The summed E-state index contributed by atoms with van der Waals surface area (Å²) in [4.78, 5) is 23.0. The van der Waals surface area contributed by atoms with Gasteiger partial charge in [0.25, 0.3) is 5.91 Å². The van der Waals surface area contributed by atoms with E-state index in [1.54, 1.807) is 31.2 Å². The number of carboxylic acids is 1. The number of ether oxygens (including phenoxy) is 1. The highest BCUT2D eigenvalue weighted by molar-refractivity contribution is 5.98. The summed E-state index contributed by atoms with van der Waals surface area (Å²) >= 11 is 0. The van der Waals surface area contributed by atoms with Crippen LogP contribution in [0.4, 0.5) is 0 Å². The van der Waals surface area contributed by atoms with Gasteiger partial charge >= 0.3 is 5.97 Å². The van der Waals surface area contributed by atoms with Gasteiger partial charge in [-0.15, -0.1) is 0 Å². The molecule has 0 unspecified atom stereocenters. The number of hydrogen-bond acceptors (Lipinski definition) is 5. The molecule has 2 rings (SSSR count). The van der Waals surface area contributed by atoms with Gasteiger partial charge in [-0.1, -0.05) is 17.3 Å². The van der Waals surface area contributed by atoms with E-state index in [1.165, 1.54) is 6.92 Å². The van der Waals surface area contributed by atoms with Crippen molar-refractivity contribution in [3.63, 3.8) is 0 Å². The van der Waals surface area contributed by atoms with Crippen molar-refractivity contribution in [2.75, 3.05) is 0 Å². The standard InChI is InChI=1S/C16H18N2O5/c1-9-13(11(3)23-18-9)8-22-14-7-5-4-6-12(14)15(19)17-10(2)16(20)21/h4-7,10H,8H2,1-3H3,(H,17,19)(H,20,21)/t10-/m1/s1. The van der Waals surface area contributed by atoms with E-state index in [4.69, 9.17) is 14.4 Å². The summed E-state index contributed by atoms with van der Waals surface area (Å²) in [6.45, 7) is 5.20. The van der Waals surface area contributed by atoms with Crippen molar-refractivity contribution in [1.82, 2.24) is 10.5 Å². The first-order valence-electron chi connectivity index (χ1n) is 7.07. The van der Waals surface area contributed by atoms with Gasteiger partial charge in [0.15, 0.2) is 0 Å². The van der Waals surface area contributed by atoms with Crippen LogP contribution in [0, 0.1) is 13.8 Å². The minimum atomic E-state index is -1.10. The lowest BCUT2D eigenvalue weighted by molar-refractivity contribution is -0.138. The molecule has 1 amide bonds. The Balaban J connectivity index is 2.14. The Hall–Kier alpha value is -2.83. The molecule has 1 atom stereocenters. The topological polar surface area (TPSA) is 102 Å². The average molecular weight is 318 g/mol. The fourth-order valence-corrected chi connectivity index (χ4v) is 1.97. The third-order valence-electron chi connectivity index (χ3n) is 3.40. The predicted molar refractivity (Wildman–Crippen MR) is 81.3 cm³/mol. The molecule has 1 aromatic heterocycles. The minimum Gasteiger partial charge on any atom is -0.488 e. The van der Waals surface area contributed by atoms with Gasteiger partial charge < -0.3 is 19.7 Å². The Morgan fingerprint density at radius 2 is 2.04 bits per heavy atom. The van der Waals surface area contributed by atoms with Crippen molar-refractivity contribution in [2.24, 2.45) is 0 Å². The summed E-state index contributed by atoms with van der Waals surface area (Å²) in [5, 5.41) is 15.1. The molecular weight excluding hydrogens is 300 g/mol. The van der Waals surface area contributed by atoms with Gasteiger partial charge in [-0.05, 0) is 32.9 Å². The largest absolute Gasteiger partial charge is 0.488 e. The number of carboxylic acid groups (broad SMARTS) is 1. The molecule has 2 aromatic rings. The minimum absolute atomic E-state index is 0.208. The van der Waals surface area contributed by atoms with E-state index in [-0.39, 0.29) is 12.2 Å². The molecule has 0 aliphatic heterocycles. The lowest BCUT2D eigenvalue weighted by Gasteiger charge is -2.13. The van der Waals surface area contributed by atoms with Crippen LogP contribution in [0.5, 0.6) is 5.75 Å². The number of aliphatic carboxylic acids is 1. The second-order valence-corrected chi connectivity index (χ2v) is 5.12. The average Bonchev–Trinajstić information content (AvgIpc) is 2.84. The number of carbonyl (C=O) groups excluding carboxylic acids is 1. The maximum Gasteiger partial charge on any atom is 0.325 e. The number of hydrogen-bond donors (Lipinski definition) is 2. The maximum atomic E-state index is 12.2. The summed E-state index contributed by atoms with van der Waals surface area (Å²) in [6, 6.07) is 5.66. The van der Waals surface area contributed by atoms with Gasteiger partial charge in [0.1, 0.15) is 24.2 Å². The monoisotopic (exact) mass is 318 g/mol. The highest BCUT2D eigenvalue weighted by Crippen LogP contribution is 2.21. The normalized spacial score (nSPS) is 11.8. The van der Waals surface area contributed by atoms with Crippen molar-refractivity contribution in [3.05, 3.63) is 46.8 Å². The van der Waals surface area contributed by atoms with Crippen molar-refractivity contribution in [2.45, 2.75) is 33.4 Å². The Labute approximate surface area is 133 Å². The highest BCUT2D eigenvalue weighted by Gasteiger charge is 2.19. The molecule has 7 heteroatoms. The first-order valence-corrected chi connectivity index (χ1v) is 7.07. The molecule has 0 bridgehead atoms. The molecular formula is C16H18N2O5. The first kappa shape index (κ1) is 16.5. The van der Waals surface area contributed by atoms with Crippen molar-refractivity contribution in [3.8, 4) is 5.75 Å². The lowest BCUT2D eigenvalue weighted by atomic mass is 10.1. The number of amides is 1. The Bertz CT molecular complexity index is 704. The molecule has 0 radical (unpaired) electrons. The fraction of sp³-hybridized carbons (Fsp3) is 0.312. The third-order valence-corrected chi connectivity index (χ3v) is 3.40. The maximum absolute atomic E-state index is 12.2. The second-order valence-electron chi connectivity index (χ2n) is 5.12. The molecule has 0 aliphatic rings. The fourth-order valence-electron chi connectivity index (χ4n) is 1.97. The third kappa shape index (κ3) is 3.88. The molecule has 122 valence electrons. The predicted octanol–water partition coefficient (Wildman–Crippen LogP) is 2.07. The summed E-state index contributed by atoms with van der Waals surface area (Å²) in [5.41, 5.74) is 1.82. The highest BCUT2D eigenvalue weighted by atomic mass is 16.5. The van der Waals surface area contributed by atoms with Gasteiger partial charge in [0.2, 0.25) is 0 Å².